The molecule has 1 aromatic rings. The van der Waals surface area contributed by atoms with E-state index in [0.29, 0.717) is 12.8 Å². The molecule has 0 radical (unpaired) electrons. The van der Waals surface area contributed by atoms with E-state index < -0.39 is 10.7 Å². The predicted octanol–water partition coefficient (Wildman–Crippen LogP) is 0.559. The van der Waals surface area contributed by atoms with E-state index in [1.165, 1.54) is 0 Å². The molecule has 0 fully saturated rings. The third-order valence-electron chi connectivity index (χ3n) is 1.62. The van der Waals surface area contributed by atoms with Gasteiger partial charge in [-0.05, 0) is 16.2 Å². The first-order valence-corrected chi connectivity index (χ1v) is 3.89. The smallest absolute Gasteiger partial charge is 0.359 e. The highest BCUT2D eigenvalue weighted by atomic mass is 16.8. The van der Waals surface area contributed by atoms with Gasteiger partial charge in [0.25, 0.3) is 0 Å². The second-order valence-electron chi connectivity index (χ2n) is 2.56. The summed E-state index contributed by atoms with van der Waals surface area (Å²) < 4.78 is 4.12. The summed E-state index contributed by atoms with van der Waals surface area (Å²) in [6.07, 6.45) is 1.87. The molecule has 1 aromatic heterocycles. The number of hydrogen-bond donors (Lipinski definition) is 0. The van der Waals surface area contributed by atoms with Gasteiger partial charge in [0, 0.05) is 6.42 Å². The molecule has 0 saturated heterocycles. The minimum absolute atomic E-state index is 0.00755. The van der Waals surface area contributed by atoms with E-state index in [1.807, 2.05) is 6.92 Å². The normalized spacial score (nSPS) is 10.2. The highest BCUT2D eigenvalue weighted by molar-refractivity contribution is 5.18. The van der Waals surface area contributed by atoms with Gasteiger partial charge in [-0.2, -0.15) is 0 Å². The van der Waals surface area contributed by atoms with Crippen LogP contribution in [0.25, 0.3) is 0 Å². The van der Waals surface area contributed by atoms with Crippen molar-refractivity contribution in [2.75, 3.05) is 0 Å². The minimum atomic E-state index is -0.719. The van der Waals surface area contributed by atoms with Crippen LogP contribution < -0.4 is 4.90 Å². The molecule has 0 unspecified atom stereocenters. The molecule has 0 atom stereocenters. The van der Waals surface area contributed by atoms with Gasteiger partial charge in [0.2, 0.25) is 5.69 Å². The minimum Gasteiger partial charge on any atom is -0.359 e. The van der Waals surface area contributed by atoms with Crippen LogP contribution in [0.5, 0.6) is 0 Å². The fourth-order valence-corrected chi connectivity index (χ4v) is 0.945. The molecule has 0 amide bonds. The molecule has 0 saturated carbocycles. The molecule has 0 aliphatic heterocycles. The molecular weight excluding hydrogens is 178 g/mol. The van der Waals surface area contributed by atoms with E-state index in [2.05, 4.69) is 9.79 Å². The lowest BCUT2D eigenvalue weighted by Crippen LogP contribution is -2.28. The number of rotatable bonds is 4. The average Bonchev–Trinajstić information content (AvgIpc) is 2.43. The van der Waals surface area contributed by atoms with E-state index in [-0.39, 0.29) is 10.6 Å². The second-order valence-corrected chi connectivity index (χ2v) is 2.56. The molecule has 0 aliphatic carbocycles. The molecule has 0 N–H and O–H groups in total. The SMILES string of the molecule is CCCCc1c([N+](=O)[O-])no[n+]1[O-]. The zero-order valence-corrected chi connectivity index (χ0v) is 7.10. The first-order chi connectivity index (χ1) is 6.16. The molecule has 7 nitrogen and oxygen atoms in total. The Balaban J connectivity index is 2.88. The van der Waals surface area contributed by atoms with E-state index in [0.717, 1.165) is 6.42 Å². The van der Waals surface area contributed by atoms with Crippen LogP contribution >= 0.6 is 0 Å². The molecule has 1 rings (SSSR count). The summed E-state index contributed by atoms with van der Waals surface area (Å²) in [5.74, 6) is -0.483. The fourth-order valence-electron chi connectivity index (χ4n) is 0.945. The van der Waals surface area contributed by atoms with Gasteiger partial charge in [-0.3, -0.25) is 4.63 Å². The summed E-state index contributed by atoms with van der Waals surface area (Å²) in [5, 5.41) is 24.2. The van der Waals surface area contributed by atoms with Crippen molar-refractivity contribution in [3.63, 3.8) is 0 Å². The topological polar surface area (TPSA) is 96.1 Å². The van der Waals surface area contributed by atoms with Crippen molar-refractivity contribution >= 4 is 5.82 Å². The van der Waals surface area contributed by atoms with Gasteiger partial charge < -0.3 is 15.3 Å². The van der Waals surface area contributed by atoms with Crippen LogP contribution in [0.2, 0.25) is 0 Å². The van der Waals surface area contributed by atoms with Crippen LogP contribution in [0, 0.1) is 15.3 Å². The Kier molecular flexibility index (Phi) is 2.78. The summed E-state index contributed by atoms with van der Waals surface area (Å²) in [5.41, 5.74) is -0.00755. The van der Waals surface area contributed by atoms with Crippen molar-refractivity contribution in [3.8, 4) is 0 Å². The standard InChI is InChI=1S/C6H9N3O4/c1-2-3-4-5-6(8(10)11)7-13-9(5)12/h2-4H2,1H3. The lowest BCUT2D eigenvalue weighted by Gasteiger charge is -1.94. The number of hydrogen-bond acceptors (Lipinski definition) is 5. The highest BCUT2D eigenvalue weighted by Gasteiger charge is 2.23. The Labute approximate surface area is 73.6 Å². The van der Waals surface area contributed by atoms with Gasteiger partial charge in [0.05, 0.1) is 5.16 Å². The van der Waals surface area contributed by atoms with Crippen molar-refractivity contribution in [1.29, 1.82) is 0 Å². The van der Waals surface area contributed by atoms with E-state index in [1.54, 1.807) is 0 Å². The monoisotopic (exact) mass is 187 g/mol. The average molecular weight is 187 g/mol. The second kappa shape index (κ2) is 3.83. The molecular formula is C6H9N3O4. The van der Waals surface area contributed by atoms with Crippen molar-refractivity contribution in [2.24, 2.45) is 0 Å². The molecule has 0 aliphatic rings. The quantitative estimate of drug-likeness (QED) is 0.389. The molecule has 72 valence electrons. The molecule has 0 aromatic carbocycles. The first-order valence-electron chi connectivity index (χ1n) is 3.89. The van der Waals surface area contributed by atoms with E-state index in [9.17, 15) is 15.3 Å². The Bertz CT molecular complexity index is 309. The van der Waals surface area contributed by atoms with Gasteiger partial charge in [-0.15, -0.1) is 0 Å². The van der Waals surface area contributed by atoms with Gasteiger partial charge in [-0.25, -0.2) is 0 Å². The zero-order chi connectivity index (χ0) is 9.84. The van der Waals surface area contributed by atoms with Gasteiger partial charge in [-0.1, -0.05) is 13.3 Å². The Hall–Kier alpha value is -1.66. The van der Waals surface area contributed by atoms with Crippen molar-refractivity contribution in [1.82, 2.24) is 5.16 Å². The maximum Gasteiger partial charge on any atom is 0.435 e. The number of aromatic nitrogens is 2. The third kappa shape index (κ3) is 1.92. The predicted molar refractivity (Wildman–Crippen MR) is 40.7 cm³/mol. The van der Waals surface area contributed by atoms with Crippen molar-refractivity contribution < 1.29 is 14.5 Å². The summed E-state index contributed by atoms with van der Waals surface area (Å²) in [7, 11) is 0. The maximum absolute atomic E-state index is 10.8. The van der Waals surface area contributed by atoms with Gasteiger partial charge >= 0.3 is 5.82 Å². The highest BCUT2D eigenvalue weighted by Crippen LogP contribution is 2.12. The largest absolute Gasteiger partial charge is 0.435 e. The summed E-state index contributed by atoms with van der Waals surface area (Å²) in [4.78, 5) is 9.70. The summed E-state index contributed by atoms with van der Waals surface area (Å²) in [6, 6.07) is 0. The van der Waals surface area contributed by atoms with Crippen LogP contribution in [0.4, 0.5) is 5.82 Å². The first kappa shape index (κ1) is 9.43. The van der Waals surface area contributed by atoms with E-state index >= 15 is 0 Å². The Morgan fingerprint density at radius 2 is 2.38 bits per heavy atom. The molecule has 0 spiro atoms. The van der Waals surface area contributed by atoms with Gasteiger partial charge in [0.15, 0.2) is 0 Å². The maximum atomic E-state index is 10.8. The van der Waals surface area contributed by atoms with Crippen LogP contribution in [0.1, 0.15) is 25.5 Å². The lowest BCUT2D eigenvalue weighted by molar-refractivity contribution is -0.808. The molecule has 13 heavy (non-hydrogen) atoms. The summed E-state index contributed by atoms with van der Waals surface area (Å²) in [6.45, 7) is 1.93. The Morgan fingerprint density at radius 1 is 1.69 bits per heavy atom. The zero-order valence-electron chi connectivity index (χ0n) is 7.10. The fraction of sp³-hybridized carbons (Fsp3) is 0.667. The number of nitro groups is 1. The van der Waals surface area contributed by atoms with Gasteiger partial charge in [0.1, 0.15) is 0 Å². The van der Waals surface area contributed by atoms with E-state index in [4.69, 9.17) is 0 Å². The van der Waals surface area contributed by atoms with Crippen LogP contribution in [0.15, 0.2) is 4.63 Å². The van der Waals surface area contributed by atoms with Crippen molar-refractivity contribution in [3.05, 3.63) is 21.0 Å². The summed E-state index contributed by atoms with van der Waals surface area (Å²) >= 11 is 0. The molecule has 1 heterocycles. The third-order valence-corrected chi connectivity index (χ3v) is 1.62. The van der Waals surface area contributed by atoms with Crippen LogP contribution in [-0.4, -0.2) is 10.1 Å². The molecule has 0 bridgehead atoms. The van der Waals surface area contributed by atoms with Crippen LogP contribution in [0.3, 0.4) is 0 Å². The van der Waals surface area contributed by atoms with Crippen LogP contribution in [-0.2, 0) is 6.42 Å². The molecule has 7 heteroatoms. The lowest BCUT2D eigenvalue weighted by atomic mass is 10.2. The number of unbranched alkanes of at least 4 members (excludes halogenated alkanes) is 1. The Morgan fingerprint density at radius 3 is 2.92 bits per heavy atom. The van der Waals surface area contributed by atoms with Crippen molar-refractivity contribution in [2.45, 2.75) is 26.2 Å². The number of nitrogens with zero attached hydrogens (tertiary/aromatic N) is 3.